The molecule has 0 bridgehead atoms. The first-order valence-electron chi connectivity index (χ1n) is 5.96. The molecule has 0 fully saturated rings. The summed E-state index contributed by atoms with van der Waals surface area (Å²) in [6, 6.07) is 8.36. The number of fused-ring (bicyclic) bond motifs is 1. The standard InChI is InChI=1S/C14H16O2S2/c1-10(14(15)16)9-18-13-7-4-8-17-12-6-3-2-5-11(12)13/h2-3,5-7,10H,4,8-9H2,1H3,(H,15,16). The topological polar surface area (TPSA) is 37.3 Å². The molecule has 2 rings (SSSR count). The third-order valence-electron chi connectivity index (χ3n) is 2.77. The van der Waals surface area contributed by atoms with Crippen molar-refractivity contribution in [2.24, 2.45) is 5.92 Å². The number of aliphatic carboxylic acids is 1. The van der Waals surface area contributed by atoms with Crippen LogP contribution in [0.3, 0.4) is 0 Å². The second-order valence-corrected chi connectivity index (χ2v) is 6.45. The van der Waals surface area contributed by atoms with Crippen molar-refractivity contribution in [2.75, 3.05) is 11.5 Å². The number of rotatable bonds is 4. The van der Waals surface area contributed by atoms with E-state index in [9.17, 15) is 4.79 Å². The summed E-state index contributed by atoms with van der Waals surface area (Å²) < 4.78 is 0. The summed E-state index contributed by atoms with van der Waals surface area (Å²) in [6.07, 6.45) is 3.28. The molecule has 1 aliphatic heterocycles. The lowest BCUT2D eigenvalue weighted by Gasteiger charge is -2.11. The molecule has 1 N–H and O–H groups in total. The molecule has 0 saturated heterocycles. The van der Waals surface area contributed by atoms with E-state index in [0.717, 1.165) is 12.2 Å². The van der Waals surface area contributed by atoms with Crippen molar-refractivity contribution in [3.63, 3.8) is 0 Å². The lowest BCUT2D eigenvalue weighted by Crippen LogP contribution is -2.11. The van der Waals surface area contributed by atoms with E-state index in [4.69, 9.17) is 5.11 Å². The van der Waals surface area contributed by atoms with E-state index in [1.54, 1.807) is 18.7 Å². The van der Waals surface area contributed by atoms with Crippen LogP contribution in [0.15, 0.2) is 35.2 Å². The summed E-state index contributed by atoms with van der Waals surface area (Å²) in [5.74, 6) is 0.689. The summed E-state index contributed by atoms with van der Waals surface area (Å²) in [4.78, 5) is 13.4. The lowest BCUT2D eigenvalue weighted by atomic mass is 10.2. The van der Waals surface area contributed by atoms with E-state index in [2.05, 4.69) is 24.3 Å². The number of thioether (sulfide) groups is 2. The monoisotopic (exact) mass is 280 g/mol. The predicted octanol–water partition coefficient (Wildman–Crippen LogP) is 3.98. The highest BCUT2D eigenvalue weighted by Crippen LogP contribution is 2.38. The molecule has 4 heteroatoms. The van der Waals surface area contributed by atoms with E-state index >= 15 is 0 Å². The number of carboxylic acid groups (broad SMARTS) is 1. The Labute approximate surface area is 116 Å². The van der Waals surface area contributed by atoms with Gasteiger partial charge in [-0.25, -0.2) is 0 Å². The van der Waals surface area contributed by atoms with Gasteiger partial charge in [-0.2, -0.15) is 0 Å². The SMILES string of the molecule is CC(CSC1=CCCSc2ccccc21)C(=O)O. The van der Waals surface area contributed by atoms with E-state index in [0.29, 0.717) is 5.75 Å². The van der Waals surface area contributed by atoms with Crippen molar-refractivity contribution >= 4 is 34.4 Å². The van der Waals surface area contributed by atoms with Gasteiger partial charge in [-0.05, 0) is 12.5 Å². The molecule has 0 amide bonds. The Morgan fingerprint density at radius 3 is 3.06 bits per heavy atom. The number of allylic oxidation sites excluding steroid dienone is 1. The predicted molar refractivity (Wildman–Crippen MR) is 79.0 cm³/mol. The molecule has 1 heterocycles. The molecule has 1 unspecified atom stereocenters. The molecule has 96 valence electrons. The van der Waals surface area contributed by atoms with Crippen molar-refractivity contribution in [3.8, 4) is 0 Å². The fraction of sp³-hybridized carbons (Fsp3) is 0.357. The van der Waals surface area contributed by atoms with Gasteiger partial charge in [0, 0.05) is 26.9 Å². The van der Waals surface area contributed by atoms with E-state index in [1.807, 2.05) is 17.8 Å². The van der Waals surface area contributed by atoms with Gasteiger partial charge in [0.1, 0.15) is 0 Å². The van der Waals surface area contributed by atoms with Crippen molar-refractivity contribution in [1.29, 1.82) is 0 Å². The van der Waals surface area contributed by atoms with Crippen LogP contribution in [0.5, 0.6) is 0 Å². The zero-order valence-corrected chi connectivity index (χ0v) is 11.9. The lowest BCUT2D eigenvalue weighted by molar-refractivity contribution is -0.140. The van der Waals surface area contributed by atoms with Gasteiger partial charge in [-0.3, -0.25) is 4.79 Å². The van der Waals surface area contributed by atoms with Gasteiger partial charge in [0.15, 0.2) is 0 Å². The van der Waals surface area contributed by atoms with E-state index in [-0.39, 0.29) is 5.92 Å². The van der Waals surface area contributed by atoms with Gasteiger partial charge in [0.2, 0.25) is 0 Å². The largest absolute Gasteiger partial charge is 0.481 e. The van der Waals surface area contributed by atoms with E-state index in [1.165, 1.54) is 15.4 Å². The van der Waals surface area contributed by atoms with Gasteiger partial charge >= 0.3 is 5.97 Å². The van der Waals surface area contributed by atoms with Crippen LogP contribution in [-0.4, -0.2) is 22.6 Å². The average molecular weight is 280 g/mol. The minimum absolute atomic E-state index is 0.307. The zero-order chi connectivity index (χ0) is 13.0. The third kappa shape index (κ3) is 3.33. The smallest absolute Gasteiger partial charge is 0.307 e. The highest BCUT2D eigenvalue weighted by atomic mass is 32.2. The Hall–Kier alpha value is -0.870. The molecule has 0 aliphatic carbocycles. The van der Waals surface area contributed by atoms with Crippen LogP contribution in [-0.2, 0) is 4.79 Å². The minimum Gasteiger partial charge on any atom is -0.481 e. The first-order chi connectivity index (χ1) is 8.68. The number of benzene rings is 1. The van der Waals surface area contributed by atoms with Crippen LogP contribution in [0, 0.1) is 5.92 Å². The Kier molecular flexibility index (Phi) is 4.78. The third-order valence-corrected chi connectivity index (χ3v) is 5.24. The molecule has 0 saturated carbocycles. The maximum absolute atomic E-state index is 10.8. The maximum Gasteiger partial charge on any atom is 0.307 e. The zero-order valence-electron chi connectivity index (χ0n) is 10.3. The summed E-state index contributed by atoms with van der Waals surface area (Å²) in [7, 11) is 0. The molecule has 1 aromatic rings. The van der Waals surface area contributed by atoms with Crippen LogP contribution in [0.2, 0.25) is 0 Å². The highest BCUT2D eigenvalue weighted by molar-refractivity contribution is 8.08. The van der Waals surface area contributed by atoms with Crippen LogP contribution in [0.4, 0.5) is 0 Å². The van der Waals surface area contributed by atoms with Crippen LogP contribution in [0.1, 0.15) is 18.9 Å². The summed E-state index contributed by atoms with van der Waals surface area (Å²) in [5, 5.41) is 8.93. The van der Waals surface area contributed by atoms with Crippen molar-refractivity contribution in [1.82, 2.24) is 0 Å². The summed E-state index contributed by atoms with van der Waals surface area (Å²) in [6.45, 7) is 1.76. The van der Waals surface area contributed by atoms with Crippen molar-refractivity contribution < 1.29 is 9.90 Å². The Balaban J connectivity index is 2.13. The number of hydrogen-bond acceptors (Lipinski definition) is 3. The molecule has 0 aromatic heterocycles. The average Bonchev–Trinajstić information content (AvgIpc) is 2.58. The van der Waals surface area contributed by atoms with Crippen molar-refractivity contribution in [2.45, 2.75) is 18.2 Å². The van der Waals surface area contributed by atoms with E-state index < -0.39 is 5.97 Å². The van der Waals surface area contributed by atoms with Gasteiger partial charge < -0.3 is 5.11 Å². The van der Waals surface area contributed by atoms with Crippen molar-refractivity contribution in [3.05, 3.63) is 35.9 Å². The molecule has 1 aromatic carbocycles. The normalized spacial score (nSPS) is 16.4. The van der Waals surface area contributed by atoms with Gasteiger partial charge in [0.25, 0.3) is 0 Å². The fourth-order valence-electron chi connectivity index (χ4n) is 1.69. The summed E-state index contributed by atoms with van der Waals surface area (Å²) >= 11 is 3.53. The van der Waals surface area contributed by atoms with Crippen LogP contribution >= 0.6 is 23.5 Å². The Bertz CT molecular complexity index is 469. The number of hydrogen-bond donors (Lipinski definition) is 1. The Morgan fingerprint density at radius 2 is 2.28 bits per heavy atom. The maximum atomic E-state index is 10.8. The number of carboxylic acids is 1. The summed E-state index contributed by atoms with van der Waals surface area (Å²) in [5.41, 5.74) is 1.25. The molecule has 1 atom stereocenters. The molecule has 18 heavy (non-hydrogen) atoms. The second-order valence-electron chi connectivity index (χ2n) is 4.25. The molecule has 0 spiro atoms. The first-order valence-corrected chi connectivity index (χ1v) is 7.93. The van der Waals surface area contributed by atoms with Gasteiger partial charge in [0.05, 0.1) is 5.92 Å². The quantitative estimate of drug-likeness (QED) is 0.905. The molecule has 0 radical (unpaired) electrons. The number of carbonyl (C=O) groups is 1. The fourth-order valence-corrected chi connectivity index (χ4v) is 3.86. The van der Waals surface area contributed by atoms with Gasteiger partial charge in [-0.1, -0.05) is 31.2 Å². The van der Waals surface area contributed by atoms with Gasteiger partial charge in [-0.15, -0.1) is 23.5 Å². The first kappa shape index (κ1) is 13.6. The molecule has 1 aliphatic rings. The Morgan fingerprint density at radius 1 is 1.50 bits per heavy atom. The van der Waals surface area contributed by atoms with Crippen LogP contribution < -0.4 is 0 Å². The minimum atomic E-state index is -0.723. The highest BCUT2D eigenvalue weighted by Gasteiger charge is 2.15. The molecular weight excluding hydrogens is 264 g/mol. The second kappa shape index (κ2) is 6.34. The van der Waals surface area contributed by atoms with Crippen LogP contribution in [0.25, 0.3) is 4.91 Å². The molecular formula is C14H16O2S2. The molecule has 2 nitrogen and oxygen atoms in total.